The van der Waals surface area contributed by atoms with E-state index >= 15 is 0 Å². The first-order valence-corrected chi connectivity index (χ1v) is 10.7. The molecule has 1 heterocycles. The molecule has 0 atom stereocenters. The topological polar surface area (TPSA) is 38.9 Å². The number of rotatable bonds is 4. The fourth-order valence-electron chi connectivity index (χ4n) is 5.63. The van der Waals surface area contributed by atoms with E-state index in [-0.39, 0.29) is 5.41 Å². The van der Waals surface area contributed by atoms with E-state index < -0.39 is 0 Å². The zero-order valence-corrected chi connectivity index (χ0v) is 16.2. The molecule has 0 amide bonds. The summed E-state index contributed by atoms with van der Waals surface area (Å²) in [6.07, 6.45) is 8.00. The van der Waals surface area contributed by atoms with Crippen molar-refractivity contribution in [2.75, 3.05) is 0 Å². The predicted molar refractivity (Wildman–Crippen MR) is 100 cm³/mol. The summed E-state index contributed by atoms with van der Waals surface area (Å²) in [6, 6.07) is 5.58. The van der Waals surface area contributed by atoms with Crippen LogP contribution in [0, 0.1) is 17.8 Å². The van der Waals surface area contributed by atoms with Crippen molar-refractivity contribution >= 4 is 35.0 Å². The van der Waals surface area contributed by atoms with Crippen LogP contribution < -0.4 is 0 Å². The maximum Gasteiger partial charge on any atom is 0.276 e. The van der Waals surface area contributed by atoms with Crippen molar-refractivity contribution < 1.29 is 4.42 Å². The average Bonchev–Trinajstić information content (AvgIpc) is 3.02. The van der Waals surface area contributed by atoms with Crippen LogP contribution >= 0.6 is 35.0 Å². The SMILES string of the molecule is Clc1ccc(CSc2nnc(C34CC5CC(CC(C5)C3)C4)o2)c(Cl)c1. The Hall–Kier alpha value is -0.710. The van der Waals surface area contributed by atoms with Crippen LogP contribution in [-0.4, -0.2) is 10.2 Å². The molecule has 4 aliphatic carbocycles. The summed E-state index contributed by atoms with van der Waals surface area (Å²) in [5.41, 5.74) is 1.20. The van der Waals surface area contributed by atoms with Gasteiger partial charge in [-0.25, -0.2) is 0 Å². The van der Waals surface area contributed by atoms with Gasteiger partial charge < -0.3 is 4.42 Å². The van der Waals surface area contributed by atoms with Gasteiger partial charge in [0, 0.05) is 21.2 Å². The van der Waals surface area contributed by atoms with Crippen molar-refractivity contribution in [1.29, 1.82) is 0 Å². The number of hydrogen-bond acceptors (Lipinski definition) is 4. The van der Waals surface area contributed by atoms with E-state index in [0.717, 1.165) is 29.2 Å². The maximum absolute atomic E-state index is 6.25. The molecule has 1 aromatic carbocycles. The van der Waals surface area contributed by atoms with Gasteiger partial charge in [0.2, 0.25) is 5.89 Å². The van der Waals surface area contributed by atoms with Gasteiger partial charge >= 0.3 is 0 Å². The standard InChI is InChI=1S/C19H20Cl2N2OS/c20-15-2-1-14(16(21)6-15)10-25-18-23-22-17(24-18)19-7-11-3-12(8-19)5-13(4-11)9-19/h1-2,6,11-13H,3-5,7-10H2. The van der Waals surface area contributed by atoms with Crippen LogP contribution in [-0.2, 0) is 11.2 Å². The average molecular weight is 395 g/mol. The lowest BCUT2D eigenvalue weighted by atomic mass is 9.49. The molecule has 4 saturated carbocycles. The fraction of sp³-hybridized carbons (Fsp3) is 0.579. The highest BCUT2D eigenvalue weighted by molar-refractivity contribution is 7.98. The highest BCUT2D eigenvalue weighted by Gasteiger charge is 2.54. The van der Waals surface area contributed by atoms with Crippen molar-refractivity contribution in [2.24, 2.45) is 17.8 Å². The van der Waals surface area contributed by atoms with Gasteiger partial charge in [-0.1, -0.05) is 41.0 Å². The molecule has 3 nitrogen and oxygen atoms in total. The number of nitrogens with zero attached hydrogens (tertiary/aromatic N) is 2. The lowest BCUT2D eigenvalue weighted by Crippen LogP contribution is -2.48. The molecule has 2 aromatic rings. The quantitative estimate of drug-likeness (QED) is 0.583. The van der Waals surface area contributed by atoms with Gasteiger partial charge in [-0.05, 0) is 74.0 Å². The fourth-order valence-corrected chi connectivity index (χ4v) is 6.95. The van der Waals surface area contributed by atoms with Crippen LogP contribution in [0.2, 0.25) is 10.0 Å². The third-order valence-corrected chi connectivity index (χ3v) is 7.72. The van der Waals surface area contributed by atoms with Crippen LogP contribution in [0.1, 0.15) is 50.0 Å². The second kappa shape index (κ2) is 6.17. The molecule has 0 N–H and O–H groups in total. The number of halogens is 2. The van der Waals surface area contributed by atoms with Crippen LogP contribution in [0.15, 0.2) is 27.8 Å². The summed E-state index contributed by atoms with van der Waals surface area (Å²) in [7, 11) is 0. The van der Waals surface area contributed by atoms with Crippen molar-refractivity contribution in [3.8, 4) is 0 Å². The molecule has 6 heteroatoms. The third kappa shape index (κ3) is 3.00. The van der Waals surface area contributed by atoms with E-state index in [4.69, 9.17) is 27.6 Å². The molecule has 0 saturated heterocycles. The zero-order chi connectivity index (χ0) is 17.0. The van der Waals surface area contributed by atoms with Gasteiger partial charge in [0.15, 0.2) is 0 Å². The van der Waals surface area contributed by atoms with Crippen molar-refractivity contribution in [2.45, 2.75) is 54.9 Å². The van der Waals surface area contributed by atoms with E-state index in [2.05, 4.69) is 10.2 Å². The molecule has 0 spiro atoms. The molecule has 4 aliphatic rings. The Morgan fingerprint density at radius 3 is 2.36 bits per heavy atom. The Bertz CT molecular complexity index is 771. The van der Waals surface area contributed by atoms with E-state index in [9.17, 15) is 0 Å². The molecule has 4 bridgehead atoms. The van der Waals surface area contributed by atoms with Crippen LogP contribution in [0.5, 0.6) is 0 Å². The molecule has 0 radical (unpaired) electrons. The molecular formula is C19H20Cl2N2OS. The monoisotopic (exact) mass is 394 g/mol. The normalized spacial score (nSPS) is 33.1. The predicted octanol–water partition coefficient (Wildman–Crippen LogP) is 6.14. The highest BCUT2D eigenvalue weighted by Crippen LogP contribution is 2.60. The van der Waals surface area contributed by atoms with Crippen LogP contribution in [0.4, 0.5) is 0 Å². The second-order valence-corrected chi connectivity index (χ2v) is 9.87. The zero-order valence-electron chi connectivity index (χ0n) is 13.9. The third-order valence-electron chi connectivity index (χ3n) is 6.26. The van der Waals surface area contributed by atoms with Crippen LogP contribution in [0.25, 0.3) is 0 Å². The molecule has 1 aromatic heterocycles. The highest BCUT2D eigenvalue weighted by atomic mass is 35.5. The van der Waals surface area contributed by atoms with E-state index in [0.29, 0.717) is 21.0 Å². The number of benzene rings is 1. The lowest BCUT2D eigenvalue weighted by molar-refractivity contribution is -0.0191. The van der Waals surface area contributed by atoms with Gasteiger partial charge in [-0.3, -0.25) is 0 Å². The second-order valence-electron chi connectivity index (χ2n) is 8.10. The molecule has 6 rings (SSSR count). The summed E-state index contributed by atoms with van der Waals surface area (Å²) in [6.45, 7) is 0. The van der Waals surface area contributed by atoms with E-state index in [1.165, 1.54) is 38.5 Å². The maximum atomic E-state index is 6.25. The summed E-state index contributed by atoms with van der Waals surface area (Å²) >= 11 is 13.8. The summed E-state index contributed by atoms with van der Waals surface area (Å²) in [5.74, 6) is 4.22. The van der Waals surface area contributed by atoms with Crippen molar-refractivity contribution in [3.05, 3.63) is 39.7 Å². The Morgan fingerprint density at radius 1 is 1.04 bits per heavy atom. The minimum atomic E-state index is 0.165. The Morgan fingerprint density at radius 2 is 1.72 bits per heavy atom. The smallest absolute Gasteiger partial charge is 0.276 e. The molecule has 25 heavy (non-hydrogen) atoms. The van der Waals surface area contributed by atoms with Gasteiger partial charge in [-0.15, -0.1) is 10.2 Å². The first kappa shape index (κ1) is 16.5. The Labute approximate surface area is 161 Å². The van der Waals surface area contributed by atoms with Gasteiger partial charge in [0.05, 0.1) is 0 Å². The number of thioether (sulfide) groups is 1. The van der Waals surface area contributed by atoms with E-state index in [1.54, 1.807) is 17.8 Å². The minimum Gasteiger partial charge on any atom is -0.415 e. The van der Waals surface area contributed by atoms with Crippen LogP contribution in [0.3, 0.4) is 0 Å². The number of hydrogen-bond donors (Lipinski definition) is 0. The molecular weight excluding hydrogens is 375 g/mol. The van der Waals surface area contributed by atoms with E-state index in [1.807, 2.05) is 12.1 Å². The molecule has 0 aliphatic heterocycles. The van der Waals surface area contributed by atoms with Gasteiger partial charge in [-0.2, -0.15) is 0 Å². The Kier molecular flexibility index (Phi) is 4.07. The Balaban J connectivity index is 1.32. The number of aromatic nitrogens is 2. The largest absolute Gasteiger partial charge is 0.415 e. The van der Waals surface area contributed by atoms with Crippen molar-refractivity contribution in [1.82, 2.24) is 10.2 Å². The van der Waals surface area contributed by atoms with Crippen molar-refractivity contribution in [3.63, 3.8) is 0 Å². The molecule has 4 fully saturated rings. The van der Waals surface area contributed by atoms with Gasteiger partial charge in [0.25, 0.3) is 5.22 Å². The molecule has 0 unspecified atom stereocenters. The first-order valence-electron chi connectivity index (χ1n) is 9.00. The minimum absolute atomic E-state index is 0.165. The van der Waals surface area contributed by atoms with Gasteiger partial charge in [0.1, 0.15) is 0 Å². The lowest BCUT2D eigenvalue weighted by Gasteiger charge is -2.55. The summed E-state index contributed by atoms with van der Waals surface area (Å²) < 4.78 is 6.13. The molecule has 132 valence electrons. The summed E-state index contributed by atoms with van der Waals surface area (Å²) in [4.78, 5) is 0. The summed E-state index contributed by atoms with van der Waals surface area (Å²) in [5, 5.41) is 10.8. The first-order chi connectivity index (χ1) is 12.1.